The first kappa shape index (κ1) is 19.5. The van der Waals surface area contributed by atoms with Crippen LogP contribution in [-0.2, 0) is 9.47 Å². The highest BCUT2D eigenvalue weighted by Crippen LogP contribution is 2.32. The molecule has 1 aromatic heterocycles. The zero-order valence-corrected chi connectivity index (χ0v) is 15.6. The van der Waals surface area contributed by atoms with Gasteiger partial charge in [-0.3, -0.25) is 0 Å². The molecule has 3 N–H and O–H groups in total. The maximum absolute atomic E-state index is 6.28. The molecule has 0 spiro atoms. The molecule has 0 amide bonds. The quantitative estimate of drug-likeness (QED) is 0.685. The van der Waals surface area contributed by atoms with Crippen LogP contribution in [0.25, 0.3) is 0 Å². The Kier molecular flexibility index (Phi) is 7.52. The molecule has 0 atom stereocenters. The fraction of sp³-hybridized carbons (Fsp3) is 0.375. The number of nitrogens with one attached hydrogen (secondary N) is 1. The SMILES string of the molecule is COCCN(CCOC)c1ncnc(Nc2ccc(Cl)cc2Cl)c1N. The number of halogens is 2. The van der Waals surface area contributed by atoms with Gasteiger partial charge in [0, 0.05) is 32.3 Å². The lowest BCUT2D eigenvalue weighted by atomic mass is 10.3. The number of hydrogen-bond donors (Lipinski definition) is 2. The van der Waals surface area contributed by atoms with Crippen LogP contribution >= 0.6 is 23.2 Å². The summed E-state index contributed by atoms with van der Waals surface area (Å²) in [5, 5.41) is 4.15. The summed E-state index contributed by atoms with van der Waals surface area (Å²) in [5.41, 5.74) is 7.35. The summed E-state index contributed by atoms with van der Waals surface area (Å²) in [6.07, 6.45) is 1.45. The average molecular weight is 386 g/mol. The van der Waals surface area contributed by atoms with Gasteiger partial charge >= 0.3 is 0 Å². The van der Waals surface area contributed by atoms with Crippen molar-refractivity contribution in [2.45, 2.75) is 0 Å². The molecule has 2 aromatic rings. The van der Waals surface area contributed by atoms with Crippen molar-refractivity contribution in [2.24, 2.45) is 0 Å². The topological polar surface area (TPSA) is 85.5 Å². The fourth-order valence-corrected chi connectivity index (χ4v) is 2.64. The second-order valence-corrected chi connectivity index (χ2v) is 6.03. The smallest absolute Gasteiger partial charge is 0.159 e. The number of aromatic nitrogens is 2. The predicted octanol–water partition coefficient (Wildman–Crippen LogP) is 3.21. The van der Waals surface area contributed by atoms with E-state index in [9.17, 15) is 0 Å². The molecular weight excluding hydrogens is 365 g/mol. The van der Waals surface area contributed by atoms with Crippen molar-refractivity contribution in [3.8, 4) is 0 Å². The van der Waals surface area contributed by atoms with Crippen molar-refractivity contribution >= 4 is 46.2 Å². The third kappa shape index (κ3) is 5.34. The van der Waals surface area contributed by atoms with Crippen molar-refractivity contribution in [3.63, 3.8) is 0 Å². The molecule has 9 heteroatoms. The lowest BCUT2D eigenvalue weighted by Crippen LogP contribution is -2.32. The number of nitrogens with two attached hydrogens (primary N) is 1. The first-order valence-electron chi connectivity index (χ1n) is 7.62. The maximum atomic E-state index is 6.28. The van der Waals surface area contributed by atoms with Crippen LogP contribution in [0.2, 0.25) is 10.0 Å². The normalized spacial score (nSPS) is 10.7. The van der Waals surface area contributed by atoms with Gasteiger partial charge in [0.1, 0.15) is 12.0 Å². The molecule has 0 fully saturated rings. The first-order chi connectivity index (χ1) is 12.1. The average Bonchev–Trinajstić information content (AvgIpc) is 2.59. The van der Waals surface area contributed by atoms with Crippen LogP contribution in [0.15, 0.2) is 24.5 Å². The van der Waals surface area contributed by atoms with Crippen LogP contribution in [0, 0.1) is 0 Å². The van der Waals surface area contributed by atoms with Gasteiger partial charge in [-0.05, 0) is 18.2 Å². The summed E-state index contributed by atoms with van der Waals surface area (Å²) in [4.78, 5) is 10.5. The van der Waals surface area contributed by atoms with Gasteiger partial charge in [0.2, 0.25) is 0 Å². The molecule has 0 saturated carbocycles. The molecule has 0 aliphatic carbocycles. The number of hydrogen-bond acceptors (Lipinski definition) is 7. The van der Waals surface area contributed by atoms with Crippen LogP contribution < -0.4 is 16.0 Å². The van der Waals surface area contributed by atoms with Gasteiger partial charge in [0.25, 0.3) is 0 Å². The van der Waals surface area contributed by atoms with E-state index in [1.807, 2.05) is 4.90 Å². The highest BCUT2D eigenvalue weighted by Gasteiger charge is 2.16. The third-order valence-electron chi connectivity index (χ3n) is 3.48. The van der Waals surface area contributed by atoms with Crippen molar-refractivity contribution in [3.05, 3.63) is 34.6 Å². The molecular formula is C16H21Cl2N5O2. The number of nitrogens with zero attached hydrogens (tertiary/aromatic N) is 3. The number of anilines is 4. The predicted molar refractivity (Wildman–Crippen MR) is 102 cm³/mol. The Hall–Kier alpha value is -1.80. The number of rotatable bonds is 9. The molecule has 136 valence electrons. The van der Waals surface area contributed by atoms with E-state index in [2.05, 4.69) is 15.3 Å². The summed E-state index contributed by atoms with van der Waals surface area (Å²) in [5.74, 6) is 1.07. The molecule has 1 heterocycles. The molecule has 0 aliphatic rings. The Morgan fingerprint density at radius 1 is 1.12 bits per heavy atom. The first-order valence-corrected chi connectivity index (χ1v) is 8.37. The standard InChI is InChI=1S/C16H21Cl2N5O2/c1-24-7-5-23(6-8-25-2)16-14(19)15(20-10-21-16)22-13-4-3-11(17)9-12(13)18/h3-4,9-10H,5-8,19H2,1-2H3,(H,20,21,22). The van der Waals surface area contributed by atoms with Crippen LogP contribution in [0.3, 0.4) is 0 Å². The Balaban J connectivity index is 2.27. The number of ether oxygens (including phenoxy) is 2. The van der Waals surface area contributed by atoms with E-state index in [1.54, 1.807) is 32.4 Å². The van der Waals surface area contributed by atoms with Crippen LogP contribution in [0.4, 0.5) is 23.0 Å². The van der Waals surface area contributed by atoms with Gasteiger partial charge in [0.15, 0.2) is 11.6 Å². The minimum Gasteiger partial charge on any atom is -0.393 e. The Morgan fingerprint density at radius 2 is 1.80 bits per heavy atom. The summed E-state index contributed by atoms with van der Waals surface area (Å²) in [7, 11) is 3.29. The minimum absolute atomic E-state index is 0.417. The highest BCUT2D eigenvalue weighted by molar-refractivity contribution is 6.36. The van der Waals surface area contributed by atoms with Crippen molar-refractivity contribution in [1.29, 1.82) is 0 Å². The summed E-state index contributed by atoms with van der Waals surface area (Å²) in [6.45, 7) is 2.34. The summed E-state index contributed by atoms with van der Waals surface area (Å²) < 4.78 is 10.3. The maximum Gasteiger partial charge on any atom is 0.159 e. The van der Waals surface area contributed by atoms with E-state index in [0.717, 1.165) is 0 Å². The van der Waals surface area contributed by atoms with E-state index in [0.29, 0.717) is 59.4 Å². The van der Waals surface area contributed by atoms with Crippen molar-refractivity contribution < 1.29 is 9.47 Å². The Labute approximate surface area is 157 Å². The van der Waals surface area contributed by atoms with Gasteiger partial charge in [0.05, 0.1) is 23.9 Å². The molecule has 0 saturated heterocycles. The van der Waals surface area contributed by atoms with E-state index >= 15 is 0 Å². The van der Waals surface area contributed by atoms with E-state index < -0.39 is 0 Å². The molecule has 25 heavy (non-hydrogen) atoms. The van der Waals surface area contributed by atoms with Gasteiger partial charge in [-0.25, -0.2) is 9.97 Å². The number of nitrogen functional groups attached to an aromatic ring is 1. The van der Waals surface area contributed by atoms with E-state index in [-0.39, 0.29) is 0 Å². The second-order valence-electron chi connectivity index (χ2n) is 5.18. The lowest BCUT2D eigenvalue weighted by Gasteiger charge is -2.25. The molecule has 7 nitrogen and oxygen atoms in total. The van der Waals surface area contributed by atoms with Crippen LogP contribution in [0.5, 0.6) is 0 Å². The fourth-order valence-electron chi connectivity index (χ4n) is 2.18. The molecule has 2 rings (SSSR count). The number of methoxy groups -OCH3 is 2. The van der Waals surface area contributed by atoms with Crippen molar-refractivity contribution in [1.82, 2.24) is 9.97 Å². The van der Waals surface area contributed by atoms with Gasteiger partial charge in [-0.2, -0.15) is 0 Å². The van der Waals surface area contributed by atoms with Gasteiger partial charge in [-0.15, -0.1) is 0 Å². The van der Waals surface area contributed by atoms with Gasteiger partial charge in [-0.1, -0.05) is 23.2 Å². The summed E-state index contributed by atoms with van der Waals surface area (Å²) >= 11 is 12.1. The zero-order chi connectivity index (χ0) is 18.2. The Morgan fingerprint density at radius 3 is 2.40 bits per heavy atom. The highest BCUT2D eigenvalue weighted by atomic mass is 35.5. The molecule has 1 aromatic carbocycles. The third-order valence-corrected chi connectivity index (χ3v) is 4.03. The second kappa shape index (κ2) is 9.62. The van der Waals surface area contributed by atoms with Crippen LogP contribution in [-0.4, -0.2) is 50.5 Å². The molecule has 0 unspecified atom stereocenters. The lowest BCUT2D eigenvalue weighted by molar-refractivity contribution is 0.190. The molecule has 0 bridgehead atoms. The van der Waals surface area contributed by atoms with Crippen molar-refractivity contribution in [2.75, 3.05) is 56.5 Å². The zero-order valence-electron chi connectivity index (χ0n) is 14.1. The summed E-state index contributed by atoms with van der Waals surface area (Å²) in [6, 6.07) is 5.14. The monoisotopic (exact) mass is 385 g/mol. The van der Waals surface area contributed by atoms with E-state index in [4.69, 9.17) is 38.4 Å². The largest absolute Gasteiger partial charge is 0.393 e. The van der Waals surface area contributed by atoms with Gasteiger partial charge < -0.3 is 25.4 Å². The minimum atomic E-state index is 0.417. The van der Waals surface area contributed by atoms with E-state index in [1.165, 1.54) is 6.33 Å². The number of benzene rings is 1. The Bertz CT molecular complexity index is 694. The molecule has 0 radical (unpaired) electrons. The molecule has 0 aliphatic heterocycles. The van der Waals surface area contributed by atoms with Crippen LogP contribution in [0.1, 0.15) is 0 Å².